The lowest BCUT2D eigenvalue weighted by atomic mass is 10.2. The lowest BCUT2D eigenvalue weighted by Gasteiger charge is -2.44. The molecule has 2 aliphatic rings. The van der Waals surface area contributed by atoms with Crippen LogP contribution in [0.4, 0.5) is 11.6 Å². The first-order valence-corrected chi connectivity index (χ1v) is 32.7. The molecule has 0 spiro atoms. The van der Waals surface area contributed by atoms with Crippen molar-refractivity contribution < 1.29 is 34.8 Å². The number of aromatic carboxylic acids is 3. The number of fused-ring (bicyclic) bond motifs is 4. The van der Waals surface area contributed by atoms with Crippen molar-refractivity contribution in [1.29, 1.82) is 0 Å². The van der Waals surface area contributed by atoms with Crippen LogP contribution in [0.15, 0.2) is 78.1 Å². The molecule has 0 fully saturated rings. The van der Waals surface area contributed by atoms with Crippen LogP contribution in [0.3, 0.4) is 0 Å². The van der Waals surface area contributed by atoms with Crippen LogP contribution in [0.5, 0.6) is 0 Å². The van der Waals surface area contributed by atoms with Crippen LogP contribution in [-0.4, -0.2) is 112 Å². The number of aromatic nitrogens is 6. The monoisotopic (exact) mass is 1060 g/mol. The van der Waals surface area contributed by atoms with Crippen LogP contribution in [0, 0.1) is 0 Å². The molecule has 0 saturated heterocycles. The number of nitrogens with zero attached hydrogens (tertiary/aromatic N) is 7. The zero-order chi connectivity index (χ0) is 52.2. The summed E-state index contributed by atoms with van der Waals surface area (Å²) in [5.41, 5.74) is 4.80. The van der Waals surface area contributed by atoms with Gasteiger partial charge < -0.3 is 38.8 Å². The molecule has 6 aromatic heterocycles. The smallest absolute Gasteiger partial charge is 0.337 e. The molecule has 0 amide bonds. The second kappa shape index (κ2) is 21.4. The van der Waals surface area contributed by atoms with Crippen molar-refractivity contribution in [2.75, 3.05) is 29.3 Å². The van der Waals surface area contributed by atoms with E-state index in [0.29, 0.717) is 10.7 Å². The van der Waals surface area contributed by atoms with Crippen molar-refractivity contribution in [1.82, 2.24) is 29.2 Å². The largest absolute Gasteiger partial charge is 0.478 e. The molecule has 8 heterocycles. The summed E-state index contributed by atoms with van der Waals surface area (Å²) < 4.78 is 8.38. The molecule has 6 aromatic rings. The van der Waals surface area contributed by atoms with Crippen LogP contribution >= 0.6 is 15.9 Å². The third-order valence-corrected chi connectivity index (χ3v) is 31.3. The van der Waals surface area contributed by atoms with E-state index in [9.17, 15) is 14.4 Å². The number of aliphatic hydroxyl groups excluding tert-OH is 1. The van der Waals surface area contributed by atoms with Crippen molar-refractivity contribution in [2.45, 2.75) is 130 Å². The Bertz CT molecular complexity index is 2790. The number of rotatable bonds is 6. The number of halogens is 1. The number of carboxylic acids is 3. The molecule has 8 rings (SSSR count). The van der Waals surface area contributed by atoms with Gasteiger partial charge in [-0.3, -0.25) is 0 Å². The first kappa shape index (κ1) is 56.4. The van der Waals surface area contributed by atoms with Gasteiger partial charge in [0.15, 0.2) is 24.7 Å². The maximum Gasteiger partial charge on any atom is 0.337 e. The average Bonchev–Trinajstić information content (AvgIpc) is 4.08. The molecule has 15 nitrogen and oxygen atoms in total. The number of carboxylic acid groups (broad SMARTS) is 3. The Kier molecular flexibility index (Phi) is 17.5. The first-order valence-electron chi connectivity index (χ1n) is 23.0. The second-order valence-electron chi connectivity index (χ2n) is 22.0. The summed E-state index contributed by atoms with van der Waals surface area (Å²) >= 11 is 3.51. The minimum absolute atomic E-state index is 0.200. The minimum atomic E-state index is -1.73. The van der Waals surface area contributed by atoms with Gasteiger partial charge in [-0.1, -0.05) is 102 Å². The van der Waals surface area contributed by atoms with Gasteiger partial charge in [-0.05, 0) is 97.6 Å². The van der Waals surface area contributed by atoms with Crippen molar-refractivity contribution in [2.24, 2.45) is 0 Å². The number of pyridine rings is 4. The van der Waals surface area contributed by atoms with Crippen LogP contribution < -0.4 is 9.13 Å². The molecule has 374 valence electrons. The van der Waals surface area contributed by atoms with Crippen LogP contribution in [0.1, 0.15) is 105 Å². The highest BCUT2D eigenvalue weighted by Crippen LogP contribution is 2.44. The molecule has 5 N–H and O–H groups in total. The SMILES string of the molecule is CC(C)(C)[Si](C)(C)N1CCc2cc(Br)cnc21.CC(C)(C)[Si](C)(C)N1CCc2cc(C(=O)O)cnc21.CC(C)(C)[Si](C)(C)n1ccc2cc(C(=O)O)cnc21.CO.O=C(O)c1cnc2[nH]ccc2c1. The van der Waals surface area contributed by atoms with Crippen molar-refractivity contribution in [3.05, 3.63) is 106 Å². The molecule has 0 atom stereocenters. The number of aliphatic hydroxyl groups is 1. The molecule has 2 aliphatic heterocycles. The Hall–Kier alpha value is -5.22. The van der Waals surface area contributed by atoms with Gasteiger partial charge in [0.2, 0.25) is 0 Å². The fourth-order valence-electron chi connectivity index (χ4n) is 7.53. The Balaban J connectivity index is 0.000000200. The van der Waals surface area contributed by atoms with E-state index in [0.717, 1.165) is 65.3 Å². The third-order valence-electron chi connectivity index (χ3n) is 14.7. The fourth-order valence-corrected chi connectivity index (χ4v) is 14.2. The molecular weight excluding hydrogens is 989 g/mol. The molecular formula is C50H73BrN8O7Si3. The Morgan fingerprint density at radius 2 is 1.00 bits per heavy atom. The zero-order valence-corrected chi connectivity index (χ0v) is 47.9. The molecule has 0 saturated carbocycles. The number of aromatic amines is 1. The third kappa shape index (κ3) is 12.4. The molecule has 0 aromatic carbocycles. The lowest BCUT2D eigenvalue weighted by Crippen LogP contribution is -2.54. The van der Waals surface area contributed by atoms with Gasteiger partial charge in [0.1, 0.15) is 22.9 Å². The second-order valence-corrected chi connectivity index (χ2v) is 38.3. The van der Waals surface area contributed by atoms with E-state index < -0.39 is 42.6 Å². The summed E-state index contributed by atoms with van der Waals surface area (Å²) in [7, 11) is -3.86. The summed E-state index contributed by atoms with van der Waals surface area (Å²) in [6.45, 7) is 37.0. The molecule has 0 radical (unpaired) electrons. The highest BCUT2D eigenvalue weighted by atomic mass is 79.9. The van der Waals surface area contributed by atoms with Gasteiger partial charge in [-0.25, -0.2) is 34.3 Å². The number of H-pyrrole nitrogens is 1. The Morgan fingerprint density at radius 1 is 0.580 bits per heavy atom. The molecule has 0 aliphatic carbocycles. The molecule has 19 heteroatoms. The summed E-state index contributed by atoms with van der Waals surface area (Å²) in [6, 6.07) is 11.0. The number of nitrogens with one attached hydrogen (secondary N) is 1. The van der Waals surface area contributed by atoms with Crippen LogP contribution in [-0.2, 0) is 12.8 Å². The van der Waals surface area contributed by atoms with Crippen molar-refractivity contribution in [3.8, 4) is 0 Å². The number of carbonyl (C=O) groups is 3. The van der Waals surface area contributed by atoms with E-state index in [1.54, 1.807) is 30.5 Å². The van der Waals surface area contributed by atoms with Gasteiger partial charge in [0.25, 0.3) is 0 Å². The van der Waals surface area contributed by atoms with Gasteiger partial charge in [-0.15, -0.1) is 0 Å². The van der Waals surface area contributed by atoms with E-state index in [1.165, 1.54) is 30.0 Å². The minimum Gasteiger partial charge on any atom is -0.478 e. The lowest BCUT2D eigenvalue weighted by molar-refractivity contribution is 0.0685. The quantitative estimate of drug-likeness (QED) is 0.0984. The Morgan fingerprint density at radius 3 is 1.48 bits per heavy atom. The van der Waals surface area contributed by atoms with Crippen molar-refractivity contribution >= 4 is 92.2 Å². The van der Waals surface area contributed by atoms with E-state index in [-0.39, 0.29) is 26.8 Å². The predicted molar refractivity (Wildman–Crippen MR) is 290 cm³/mol. The Labute approximate surface area is 418 Å². The summed E-state index contributed by atoms with van der Waals surface area (Å²) in [5, 5.41) is 36.2. The number of hydrogen-bond donors (Lipinski definition) is 5. The van der Waals surface area contributed by atoms with E-state index in [4.69, 9.17) is 20.4 Å². The van der Waals surface area contributed by atoms with Gasteiger partial charge in [-0.2, -0.15) is 0 Å². The van der Waals surface area contributed by atoms with E-state index in [1.807, 2.05) is 18.5 Å². The highest BCUT2D eigenvalue weighted by molar-refractivity contribution is 9.10. The highest BCUT2D eigenvalue weighted by Gasteiger charge is 2.45. The topological polar surface area (TPSA) is 211 Å². The van der Waals surface area contributed by atoms with Crippen molar-refractivity contribution in [3.63, 3.8) is 0 Å². The summed E-state index contributed by atoms with van der Waals surface area (Å²) in [5.74, 6) is -0.572. The normalized spacial score (nSPS) is 13.7. The molecule has 69 heavy (non-hydrogen) atoms. The summed E-state index contributed by atoms with van der Waals surface area (Å²) in [4.78, 5) is 52.7. The van der Waals surface area contributed by atoms with Gasteiger partial charge >= 0.3 is 17.9 Å². The van der Waals surface area contributed by atoms with Gasteiger partial charge in [0.05, 0.1) is 16.7 Å². The average molecular weight is 1060 g/mol. The summed E-state index contributed by atoms with van der Waals surface area (Å²) in [6.07, 6.45) is 12.0. The maximum absolute atomic E-state index is 11.0. The first-order chi connectivity index (χ1) is 31.8. The number of hydrogen-bond acceptors (Lipinski definition) is 10. The standard InChI is InChI=1S/C14H22N2O2Si.C14H20N2O2Si.C13H21BrN2Si.C8H6N2O2.CH4O/c2*1-14(2,3)19(4,5)16-7-6-10-8-11(13(17)18)9-15-12(10)16;1-13(2,3)17(4,5)16-7-6-10-8-11(14)9-15-12(10)16;11-8(12)6-3-5-1-2-9-7(5)10-4-6;1-2/h8-9H,6-7H2,1-5H3,(H,17,18);6-9H,1-5H3,(H,17,18);8-9H,6-7H2,1-5H3;1-4H,(H,9,10)(H,11,12);2H,1H3. The predicted octanol–water partition coefficient (Wildman–Crippen LogP) is 11.8. The van der Waals surface area contributed by atoms with E-state index in [2.05, 4.69) is 162 Å². The number of anilines is 2. The van der Waals surface area contributed by atoms with Crippen LogP contribution in [0.2, 0.25) is 54.4 Å². The molecule has 0 bridgehead atoms. The maximum atomic E-state index is 11.0. The molecule has 0 unspecified atom stereocenters. The van der Waals surface area contributed by atoms with Crippen LogP contribution in [0.25, 0.3) is 22.1 Å². The fraction of sp³-hybridized carbons (Fsp3) is 0.460. The van der Waals surface area contributed by atoms with Gasteiger partial charge in [0, 0.05) is 66.4 Å². The zero-order valence-electron chi connectivity index (χ0n) is 43.3. The van der Waals surface area contributed by atoms with E-state index >= 15 is 0 Å².